The quantitative estimate of drug-likeness (QED) is 0.565. The fourth-order valence-corrected chi connectivity index (χ4v) is 3.02. The molecule has 2 aliphatic carbocycles. The summed E-state index contributed by atoms with van der Waals surface area (Å²) in [5, 5.41) is 9.74. The number of rotatable bonds is 2. The maximum atomic E-state index is 12.2. The lowest BCUT2D eigenvalue weighted by molar-refractivity contribution is -0.171. The Morgan fingerprint density at radius 3 is 2.94 bits per heavy atom. The number of ketones is 1. The Balaban J connectivity index is 2.25. The molecule has 0 amide bonds. The molecule has 0 aromatic carbocycles. The van der Waals surface area contributed by atoms with Gasteiger partial charge in [-0.25, -0.2) is 0 Å². The highest BCUT2D eigenvalue weighted by molar-refractivity contribution is 6.06. The molecule has 2 saturated carbocycles. The summed E-state index contributed by atoms with van der Waals surface area (Å²) in [5.41, 5.74) is -0.932. The van der Waals surface area contributed by atoms with Gasteiger partial charge in [0.2, 0.25) is 0 Å². The van der Waals surface area contributed by atoms with Crippen molar-refractivity contribution in [3.05, 3.63) is 0 Å². The zero-order valence-electron chi connectivity index (χ0n) is 9.57. The molecule has 0 saturated heterocycles. The Morgan fingerprint density at radius 1 is 1.50 bits per heavy atom. The highest BCUT2D eigenvalue weighted by atomic mass is 16.5. The van der Waals surface area contributed by atoms with Gasteiger partial charge in [-0.3, -0.25) is 9.59 Å². The smallest absolute Gasteiger partial charge is 0.319 e. The third-order valence-corrected chi connectivity index (χ3v) is 3.92. The van der Waals surface area contributed by atoms with Crippen molar-refractivity contribution in [2.45, 2.75) is 45.1 Å². The summed E-state index contributed by atoms with van der Waals surface area (Å²) < 4.78 is 5.02. The van der Waals surface area contributed by atoms with E-state index in [2.05, 4.69) is 0 Å². The number of hydrogen-bond donors (Lipinski definition) is 1. The zero-order valence-corrected chi connectivity index (χ0v) is 9.57. The van der Waals surface area contributed by atoms with E-state index in [4.69, 9.17) is 4.74 Å². The Bertz CT molecular complexity index is 312. The molecule has 0 radical (unpaired) electrons. The van der Waals surface area contributed by atoms with E-state index in [1.165, 1.54) is 0 Å². The molecule has 1 N–H and O–H groups in total. The van der Waals surface area contributed by atoms with E-state index in [9.17, 15) is 14.7 Å². The second-order valence-electron chi connectivity index (χ2n) is 4.77. The maximum absolute atomic E-state index is 12.2. The number of hydrogen-bond acceptors (Lipinski definition) is 4. The number of ether oxygens (including phenoxy) is 1. The molecule has 4 heteroatoms. The third kappa shape index (κ3) is 1.56. The van der Waals surface area contributed by atoms with E-state index in [0.717, 1.165) is 6.42 Å². The second-order valence-corrected chi connectivity index (χ2v) is 4.77. The van der Waals surface area contributed by atoms with Crippen molar-refractivity contribution in [2.75, 3.05) is 6.61 Å². The number of carbonyl (C=O) groups excluding carboxylic acids is 2. The lowest BCUT2D eigenvalue weighted by Crippen LogP contribution is -2.53. The van der Waals surface area contributed by atoms with Gasteiger partial charge in [-0.15, -0.1) is 0 Å². The lowest BCUT2D eigenvalue weighted by Gasteiger charge is -2.43. The van der Waals surface area contributed by atoms with Crippen molar-refractivity contribution < 1.29 is 19.4 Å². The third-order valence-electron chi connectivity index (χ3n) is 3.92. The molecule has 2 rings (SSSR count). The first-order valence-electron chi connectivity index (χ1n) is 6.01. The molecule has 2 fully saturated rings. The summed E-state index contributed by atoms with van der Waals surface area (Å²) in [7, 11) is 0. The van der Waals surface area contributed by atoms with Crippen LogP contribution in [0.2, 0.25) is 0 Å². The summed E-state index contributed by atoms with van der Waals surface area (Å²) in [5.74, 6) is -0.806. The van der Waals surface area contributed by atoms with Crippen LogP contribution in [-0.2, 0) is 14.3 Å². The van der Waals surface area contributed by atoms with Crippen molar-refractivity contribution >= 4 is 11.8 Å². The van der Waals surface area contributed by atoms with Crippen LogP contribution in [-0.4, -0.2) is 29.6 Å². The van der Waals surface area contributed by atoms with Crippen molar-refractivity contribution in [2.24, 2.45) is 11.3 Å². The Labute approximate surface area is 95.0 Å². The van der Waals surface area contributed by atoms with E-state index < -0.39 is 11.5 Å². The molecule has 4 nitrogen and oxygen atoms in total. The van der Waals surface area contributed by atoms with Crippen molar-refractivity contribution in [1.82, 2.24) is 0 Å². The molecule has 3 atom stereocenters. The van der Waals surface area contributed by atoms with E-state index in [0.29, 0.717) is 32.3 Å². The normalized spacial score (nSPS) is 38.2. The molecule has 0 spiro atoms. The van der Waals surface area contributed by atoms with E-state index in [1.807, 2.05) is 0 Å². The van der Waals surface area contributed by atoms with Gasteiger partial charge in [0.15, 0.2) is 5.78 Å². The van der Waals surface area contributed by atoms with Crippen LogP contribution < -0.4 is 0 Å². The van der Waals surface area contributed by atoms with Gasteiger partial charge in [-0.05, 0) is 32.6 Å². The topological polar surface area (TPSA) is 63.6 Å². The largest absolute Gasteiger partial charge is 0.465 e. The molecule has 2 bridgehead atoms. The van der Waals surface area contributed by atoms with Crippen LogP contribution in [0.25, 0.3) is 0 Å². The minimum atomic E-state index is -0.932. The van der Waals surface area contributed by atoms with E-state index in [-0.39, 0.29) is 17.7 Å². The maximum Gasteiger partial charge on any atom is 0.319 e. The van der Waals surface area contributed by atoms with Crippen LogP contribution in [0.5, 0.6) is 0 Å². The lowest BCUT2D eigenvalue weighted by atomic mass is 9.60. The standard InChI is InChI=1S/C12H18O4/c1-2-16-11(15)12-6-3-4-8(10(12)14)9(13)5-7-12/h8-9,13H,2-7H2,1H3/t8-,9?,12-/m1/s1. The number of esters is 1. The average molecular weight is 226 g/mol. The summed E-state index contributed by atoms with van der Waals surface area (Å²) in [6.45, 7) is 2.05. The number of Topliss-reactive ketones (excluding diaryl/α,β-unsaturated/α-hetero) is 1. The number of aliphatic hydroxyl groups excluding tert-OH is 1. The molecule has 0 aromatic heterocycles. The van der Waals surface area contributed by atoms with Gasteiger partial charge in [-0.1, -0.05) is 6.42 Å². The van der Waals surface area contributed by atoms with Crippen molar-refractivity contribution in [3.63, 3.8) is 0 Å². The minimum absolute atomic E-state index is 0.0871. The zero-order chi connectivity index (χ0) is 11.8. The average Bonchev–Trinajstić information content (AvgIpc) is 2.25. The fraction of sp³-hybridized carbons (Fsp3) is 0.833. The Hall–Kier alpha value is -0.900. The van der Waals surface area contributed by atoms with Gasteiger partial charge in [0, 0.05) is 5.92 Å². The molecule has 1 unspecified atom stereocenters. The van der Waals surface area contributed by atoms with Crippen LogP contribution in [0.3, 0.4) is 0 Å². The minimum Gasteiger partial charge on any atom is -0.465 e. The van der Waals surface area contributed by atoms with E-state index >= 15 is 0 Å². The van der Waals surface area contributed by atoms with Gasteiger partial charge < -0.3 is 9.84 Å². The summed E-state index contributed by atoms with van der Waals surface area (Å²) in [6.07, 6.45) is 2.55. The first-order chi connectivity index (χ1) is 7.62. The van der Waals surface area contributed by atoms with Crippen LogP contribution in [0, 0.1) is 11.3 Å². The van der Waals surface area contributed by atoms with Gasteiger partial charge in [0.1, 0.15) is 5.41 Å². The molecule has 0 aromatic rings. The summed E-state index contributed by atoms with van der Waals surface area (Å²) >= 11 is 0. The predicted octanol–water partition coefficient (Wildman–Crippen LogP) is 1.06. The van der Waals surface area contributed by atoms with Crippen LogP contribution in [0.4, 0.5) is 0 Å². The van der Waals surface area contributed by atoms with Crippen LogP contribution in [0.15, 0.2) is 0 Å². The number of carbonyl (C=O) groups is 2. The molecule has 0 heterocycles. The monoisotopic (exact) mass is 226 g/mol. The van der Waals surface area contributed by atoms with Gasteiger partial charge in [-0.2, -0.15) is 0 Å². The molecule has 90 valence electrons. The SMILES string of the molecule is CCOC(=O)[C@@]12CCC[C@@H](C1=O)C(O)CC2. The molecule has 2 aliphatic rings. The van der Waals surface area contributed by atoms with E-state index in [1.54, 1.807) is 6.92 Å². The van der Waals surface area contributed by atoms with Crippen LogP contribution >= 0.6 is 0 Å². The van der Waals surface area contributed by atoms with Gasteiger partial charge in [0.25, 0.3) is 0 Å². The highest BCUT2D eigenvalue weighted by Crippen LogP contribution is 2.47. The Morgan fingerprint density at radius 2 is 2.25 bits per heavy atom. The molecular formula is C12H18O4. The van der Waals surface area contributed by atoms with Crippen molar-refractivity contribution in [3.8, 4) is 0 Å². The molecule has 0 aliphatic heterocycles. The summed E-state index contributed by atoms with van der Waals surface area (Å²) in [4.78, 5) is 24.1. The first-order valence-corrected chi connectivity index (χ1v) is 6.01. The predicted molar refractivity (Wildman–Crippen MR) is 56.7 cm³/mol. The van der Waals surface area contributed by atoms with Crippen LogP contribution in [0.1, 0.15) is 39.0 Å². The van der Waals surface area contributed by atoms with Crippen molar-refractivity contribution in [1.29, 1.82) is 0 Å². The second kappa shape index (κ2) is 4.17. The molecule has 16 heavy (non-hydrogen) atoms. The fourth-order valence-electron chi connectivity index (χ4n) is 3.02. The first kappa shape index (κ1) is 11.6. The van der Waals surface area contributed by atoms with Gasteiger partial charge in [0.05, 0.1) is 12.7 Å². The highest BCUT2D eigenvalue weighted by Gasteiger charge is 2.55. The number of fused-ring (bicyclic) bond motifs is 2. The molecular weight excluding hydrogens is 208 g/mol. The van der Waals surface area contributed by atoms with Gasteiger partial charge >= 0.3 is 5.97 Å². The summed E-state index contributed by atoms with van der Waals surface area (Å²) in [6, 6.07) is 0. The Kier molecular flexibility index (Phi) is 3.02. The number of aliphatic hydroxyl groups is 1.